The second kappa shape index (κ2) is 15.4. The Morgan fingerprint density at radius 3 is 2.26 bits per heavy atom. The molecule has 0 bridgehead atoms. The topological polar surface area (TPSA) is 141 Å². The molecular formula is C32H35FN3NaO6. The third-order valence-corrected chi connectivity index (χ3v) is 7.00. The van der Waals surface area contributed by atoms with Crippen molar-refractivity contribution >= 4 is 11.9 Å². The summed E-state index contributed by atoms with van der Waals surface area (Å²) in [6.07, 6.45) is -2.50. The average molecular weight is 600 g/mol. The number of carbonyl (C=O) groups excluding carboxylic acids is 2. The number of aliphatic hydroxyl groups is 2. The number of carbonyl (C=O) groups is 2. The van der Waals surface area contributed by atoms with Crippen molar-refractivity contribution in [3.8, 4) is 22.3 Å². The Morgan fingerprint density at radius 2 is 1.67 bits per heavy atom. The molecule has 2 aromatic carbocycles. The quantitative estimate of drug-likeness (QED) is 0.195. The van der Waals surface area contributed by atoms with E-state index in [9.17, 15) is 29.3 Å². The minimum absolute atomic E-state index is 0. The van der Waals surface area contributed by atoms with Crippen molar-refractivity contribution in [1.82, 2.24) is 15.0 Å². The van der Waals surface area contributed by atoms with Gasteiger partial charge in [0.15, 0.2) is 0 Å². The van der Waals surface area contributed by atoms with E-state index < -0.39 is 30.4 Å². The molecule has 4 rings (SSSR count). The molecule has 222 valence electrons. The van der Waals surface area contributed by atoms with E-state index >= 15 is 0 Å². The van der Waals surface area contributed by atoms with Crippen LogP contribution >= 0.6 is 0 Å². The van der Waals surface area contributed by atoms with E-state index in [1.807, 2.05) is 48.7 Å². The summed E-state index contributed by atoms with van der Waals surface area (Å²) < 4.78 is 21.1. The van der Waals surface area contributed by atoms with Crippen LogP contribution in [-0.2, 0) is 17.8 Å². The Bertz CT molecular complexity index is 1520. The smallest absolute Gasteiger partial charge is 0.550 e. The fraction of sp³-hybridized carbons (Fsp3) is 0.344. The number of aliphatic carboxylic acids is 1. The van der Waals surface area contributed by atoms with Gasteiger partial charge in [0.1, 0.15) is 23.0 Å². The second-order valence-electron chi connectivity index (χ2n) is 10.7. The minimum Gasteiger partial charge on any atom is -0.550 e. The molecule has 9 nitrogen and oxygen atoms in total. The zero-order valence-electron chi connectivity index (χ0n) is 24.8. The Labute approximate surface area is 272 Å². The van der Waals surface area contributed by atoms with Crippen LogP contribution in [0, 0.1) is 12.7 Å². The Morgan fingerprint density at radius 1 is 1.02 bits per heavy atom. The van der Waals surface area contributed by atoms with Crippen molar-refractivity contribution in [3.63, 3.8) is 0 Å². The molecule has 0 aliphatic rings. The zero-order valence-corrected chi connectivity index (χ0v) is 26.8. The van der Waals surface area contributed by atoms with Gasteiger partial charge in [0.2, 0.25) is 0 Å². The van der Waals surface area contributed by atoms with Gasteiger partial charge in [-0.05, 0) is 63.3 Å². The molecule has 3 N–H and O–H groups in total. The summed E-state index contributed by atoms with van der Waals surface area (Å²) in [6, 6.07) is 17.0. The van der Waals surface area contributed by atoms with Crippen molar-refractivity contribution in [2.45, 2.75) is 71.2 Å². The van der Waals surface area contributed by atoms with Gasteiger partial charge >= 0.3 is 29.6 Å². The molecule has 0 radical (unpaired) electrons. The molecule has 2 heterocycles. The van der Waals surface area contributed by atoms with Gasteiger partial charge in [0.05, 0.1) is 18.8 Å². The molecule has 1 amide bonds. The predicted octanol–water partition coefficient (Wildman–Crippen LogP) is 0.957. The number of hydrogen-bond donors (Lipinski definition) is 3. The number of aryl methyl sites for hydroxylation is 1. The van der Waals surface area contributed by atoms with Gasteiger partial charge in [-0.2, -0.15) is 0 Å². The number of nitrogens with zero attached hydrogens (tertiary/aromatic N) is 2. The monoisotopic (exact) mass is 599 g/mol. The number of nitrogens with one attached hydrogen (secondary N) is 1. The maximum absolute atomic E-state index is 14.0. The number of carboxylic acid groups (broad SMARTS) is 1. The summed E-state index contributed by atoms with van der Waals surface area (Å²) in [5, 5.41) is 38.5. The Balaban J connectivity index is 0.00000506. The van der Waals surface area contributed by atoms with Crippen LogP contribution in [0.4, 0.5) is 4.39 Å². The van der Waals surface area contributed by atoms with Crippen molar-refractivity contribution in [1.29, 1.82) is 0 Å². The Hall–Kier alpha value is -3.28. The number of carboxylic acids is 1. The van der Waals surface area contributed by atoms with E-state index in [1.165, 1.54) is 12.1 Å². The summed E-state index contributed by atoms with van der Waals surface area (Å²) >= 11 is 0. The summed E-state index contributed by atoms with van der Waals surface area (Å²) in [5.74, 6) is -1.52. The van der Waals surface area contributed by atoms with Gasteiger partial charge in [-0.3, -0.25) is 4.79 Å². The van der Waals surface area contributed by atoms with E-state index in [2.05, 4.69) is 10.5 Å². The molecule has 0 saturated heterocycles. The zero-order chi connectivity index (χ0) is 30.4. The molecule has 43 heavy (non-hydrogen) atoms. The first-order valence-electron chi connectivity index (χ1n) is 13.9. The number of rotatable bonds is 13. The van der Waals surface area contributed by atoms with Crippen LogP contribution in [0.15, 0.2) is 65.2 Å². The number of aliphatic hydroxyl groups excluding tert-OH is 2. The summed E-state index contributed by atoms with van der Waals surface area (Å²) in [4.78, 5) is 24.9. The first-order valence-corrected chi connectivity index (χ1v) is 13.9. The van der Waals surface area contributed by atoms with Gasteiger partial charge in [-0.25, -0.2) is 4.39 Å². The summed E-state index contributed by atoms with van der Waals surface area (Å²) in [7, 11) is 0. The summed E-state index contributed by atoms with van der Waals surface area (Å²) in [5.41, 5.74) is 4.57. The first-order chi connectivity index (χ1) is 20.0. The van der Waals surface area contributed by atoms with Crippen LogP contribution in [0.25, 0.3) is 22.3 Å². The number of hydrogen-bond acceptors (Lipinski definition) is 7. The van der Waals surface area contributed by atoms with E-state index in [4.69, 9.17) is 4.52 Å². The summed E-state index contributed by atoms with van der Waals surface area (Å²) in [6.45, 7) is 5.81. The largest absolute Gasteiger partial charge is 1.00 e. The molecule has 4 aromatic rings. The van der Waals surface area contributed by atoms with Crippen LogP contribution in [0.2, 0.25) is 0 Å². The minimum atomic E-state index is -1.40. The molecule has 0 aliphatic carbocycles. The molecule has 0 unspecified atom stereocenters. The van der Waals surface area contributed by atoms with Crippen LogP contribution in [-0.4, -0.2) is 44.0 Å². The van der Waals surface area contributed by atoms with Crippen LogP contribution < -0.4 is 40.0 Å². The van der Waals surface area contributed by atoms with E-state index in [0.29, 0.717) is 34.7 Å². The maximum Gasteiger partial charge on any atom is 1.00 e. The fourth-order valence-electron chi connectivity index (χ4n) is 5.26. The number of amides is 1. The van der Waals surface area contributed by atoms with Gasteiger partial charge in [-0.1, -0.05) is 47.6 Å². The average Bonchev–Trinajstić information content (AvgIpc) is 3.52. The second-order valence-corrected chi connectivity index (χ2v) is 10.7. The molecule has 2 aromatic heterocycles. The van der Waals surface area contributed by atoms with Crippen molar-refractivity contribution < 1.29 is 63.4 Å². The van der Waals surface area contributed by atoms with E-state index in [0.717, 1.165) is 16.8 Å². The van der Waals surface area contributed by atoms with Gasteiger partial charge < -0.3 is 34.5 Å². The van der Waals surface area contributed by atoms with Crippen molar-refractivity contribution in [2.24, 2.45) is 0 Å². The Kier molecular flexibility index (Phi) is 12.3. The third kappa shape index (κ3) is 8.64. The number of benzene rings is 2. The van der Waals surface area contributed by atoms with E-state index in [-0.39, 0.29) is 60.9 Å². The van der Waals surface area contributed by atoms with Crippen LogP contribution in [0.1, 0.15) is 66.8 Å². The normalized spacial score (nSPS) is 12.5. The molecular weight excluding hydrogens is 564 g/mol. The van der Waals surface area contributed by atoms with Crippen molar-refractivity contribution in [3.05, 3.63) is 89.3 Å². The van der Waals surface area contributed by atoms with Crippen LogP contribution in [0.5, 0.6) is 0 Å². The first kappa shape index (κ1) is 34.2. The molecule has 0 spiro atoms. The van der Waals surface area contributed by atoms with Crippen molar-refractivity contribution in [2.75, 3.05) is 0 Å². The predicted molar refractivity (Wildman–Crippen MR) is 153 cm³/mol. The molecule has 0 saturated carbocycles. The number of halogens is 1. The van der Waals surface area contributed by atoms with Gasteiger partial charge in [0, 0.05) is 41.3 Å². The van der Waals surface area contributed by atoms with Crippen LogP contribution in [0.3, 0.4) is 0 Å². The molecule has 11 heteroatoms. The number of aromatic nitrogens is 2. The SMILES string of the molecule is Cc1cc(CNC(=O)c2c(-c3ccccc3)c(-c3ccc(F)cc3)c(CC[C@@H](O)C[C@@H](O)CC(=O)[O-])n2C(C)C)no1.[Na+]. The molecule has 2 atom stereocenters. The maximum atomic E-state index is 14.0. The van der Waals surface area contributed by atoms with Gasteiger partial charge in [-0.15, -0.1) is 0 Å². The van der Waals surface area contributed by atoms with E-state index in [1.54, 1.807) is 25.1 Å². The fourth-order valence-corrected chi connectivity index (χ4v) is 5.26. The standard InChI is InChI=1S/C32H36FN3O6.Na/c1-19(2)36-27(14-13-25(37)16-26(38)17-28(39)40)29(22-9-11-23(33)12-10-22)30(21-7-5-4-6-8-21)31(36)32(41)34-18-24-15-20(3)42-35-24;/h4-12,15,19,25-26,37-38H,13-14,16-18H2,1-3H3,(H,34,41)(H,39,40);/q;+1/p-1/t25-,26-;/m1./s1. The molecule has 0 fully saturated rings. The molecule has 0 aliphatic heterocycles. The van der Waals surface area contributed by atoms with Gasteiger partial charge in [0.25, 0.3) is 5.91 Å². The third-order valence-electron chi connectivity index (χ3n) is 7.00.